The Morgan fingerprint density at radius 2 is 2.09 bits per heavy atom. The highest BCUT2D eigenvalue weighted by atomic mass is 15.4. The van der Waals surface area contributed by atoms with E-state index in [4.69, 9.17) is 5.84 Å². The summed E-state index contributed by atoms with van der Waals surface area (Å²) in [6.45, 7) is 4.16. The van der Waals surface area contributed by atoms with Gasteiger partial charge < -0.3 is 4.90 Å². The molecule has 1 atom stereocenters. The first-order valence-corrected chi connectivity index (χ1v) is 8.28. The van der Waals surface area contributed by atoms with Crippen LogP contribution in [0.1, 0.15) is 56.7 Å². The minimum Gasteiger partial charge on any atom is -0.341 e. The van der Waals surface area contributed by atoms with E-state index in [9.17, 15) is 0 Å². The third-order valence-electron chi connectivity index (χ3n) is 4.95. The Morgan fingerprint density at radius 1 is 1.30 bits per heavy atom. The molecule has 0 saturated heterocycles. The zero-order valence-electron chi connectivity index (χ0n) is 13.5. The maximum absolute atomic E-state index is 5.53. The van der Waals surface area contributed by atoms with Crippen LogP contribution in [0, 0.1) is 6.92 Å². The van der Waals surface area contributed by atoms with Gasteiger partial charge >= 0.3 is 0 Å². The van der Waals surface area contributed by atoms with Gasteiger partial charge in [0.25, 0.3) is 0 Å². The molecule has 2 aliphatic rings. The van der Waals surface area contributed by atoms with Gasteiger partial charge in [-0.3, -0.25) is 9.99 Å². The maximum Gasteiger partial charge on any atom is 0.239 e. The minimum absolute atomic E-state index is 0.187. The summed E-state index contributed by atoms with van der Waals surface area (Å²) in [5.41, 5.74) is 3.51. The van der Waals surface area contributed by atoms with E-state index < -0.39 is 0 Å². The van der Waals surface area contributed by atoms with Gasteiger partial charge in [0.15, 0.2) is 11.6 Å². The number of nitrogens with zero attached hydrogens (tertiary/aromatic N) is 6. The Kier molecular flexibility index (Phi) is 3.41. The fraction of sp³-hybridized carbons (Fsp3) is 0.600. The summed E-state index contributed by atoms with van der Waals surface area (Å²) >= 11 is 0. The van der Waals surface area contributed by atoms with Crippen molar-refractivity contribution in [2.75, 3.05) is 10.3 Å². The molecule has 23 heavy (non-hydrogen) atoms. The summed E-state index contributed by atoms with van der Waals surface area (Å²) in [5.74, 6) is 8.75. The van der Waals surface area contributed by atoms with Crippen molar-refractivity contribution in [3.05, 3.63) is 17.8 Å². The molecule has 3 N–H and O–H groups in total. The Morgan fingerprint density at radius 3 is 2.78 bits per heavy atom. The van der Waals surface area contributed by atoms with E-state index >= 15 is 0 Å². The fourth-order valence-electron chi connectivity index (χ4n) is 3.94. The molecule has 3 heterocycles. The second-order valence-electron chi connectivity index (χ2n) is 6.26. The number of nitrogen functional groups attached to an aromatic ring is 1. The number of fused-ring (bicyclic) bond motifs is 3. The lowest BCUT2D eigenvalue weighted by Gasteiger charge is -2.41. The van der Waals surface area contributed by atoms with Crippen LogP contribution >= 0.6 is 0 Å². The van der Waals surface area contributed by atoms with E-state index in [0.29, 0.717) is 12.0 Å². The van der Waals surface area contributed by atoms with E-state index in [0.717, 1.165) is 29.6 Å². The molecule has 0 radical (unpaired) electrons. The lowest BCUT2D eigenvalue weighted by Crippen LogP contribution is -2.42. The molecule has 0 aromatic carbocycles. The molecule has 0 amide bonds. The average molecular weight is 314 g/mol. The molecule has 8 nitrogen and oxygen atoms in total. The summed E-state index contributed by atoms with van der Waals surface area (Å²) in [6.07, 6.45) is 7.70. The molecule has 0 spiro atoms. The van der Waals surface area contributed by atoms with Crippen molar-refractivity contribution in [3.63, 3.8) is 0 Å². The third kappa shape index (κ3) is 2.08. The van der Waals surface area contributed by atoms with Crippen molar-refractivity contribution < 1.29 is 0 Å². The van der Waals surface area contributed by atoms with Crippen LogP contribution < -0.4 is 16.2 Å². The molecule has 1 fully saturated rings. The zero-order chi connectivity index (χ0) is 16.0. The molecule has 1 aliphatic heterocycles. The zero-order valence-corrected chi connectivity index (χ0v) is 13.5. The summed E-state index contributed by atoms with van der Waals surface area (Å²) in [7, 11) is 0. The van der Waals surface area contributed by atoms with Gasteiger partial charge in [0, 0.05) is 6.04 Å². The molecule has 1 aliphatic carbocycles. The first kappa shape index (κ1) is 14.4. The van der Waals surface area contributed by atoms with Gasteiger partial charge in [-0.15, -0.1) is 10.2 Å². The molecule has 2 aromatic heterocycles. The summed E-state index contributed by atoms with van der Waals surface area (Å²) < 4.78 is 2.08. The monoisotopic (exact) mass is 314 g/mol. The van der Waals surface area contributed by atoms with Gasteiger partial charge in [0.2, 0.25) is 5.95 Å². The second-order valence-corrected chi connectivity index (χ2v) is 6.26. The lowest BCUT2D eigenvalue weighted by molar-refractivity contribution is 0.468. The summed E-state index contributed by atoms with van der Waals surface area (Å²) in [6, 6.07) is 0.678. The lowest BCUT2D eigenvalue weighted by atomic mass is 10.0. The number of hydrogen-bond acceptors (Lipinski definition) is 7. The van der Waals surface area contributed by atoms with Gasteiger partial charge in [0.05, 0.1) is 12.2 Å². The standard InChI is InChI=1S/C15H22N8/c1-3-11-14-21-20-9(2)22(14)12-8-17-15(19-16)18-13(12)23(11)10-6-4-5-7-10/h8,10-11H,3-7,16H2,1-2H3,(H,17,18,19). The average Bonchev–Trinajstić information content (AvgIpc) is 3.23. The molecule has 4 rings (SSSR count). The number of hydrazine groups is 1. The van der Waals surface area contributed by atoms with Gasteiger partial charge in [-0.1, -0.05) is 19.8 Å². The van der Waals surface area contributed by atoms with E-state index in [2.05, 4.69) is 42.0 Å². The first-order chi connectivity index (χ1) is 11.2. The molecule has 8 heteroatoms. The highest BCUT2D eigenvalue weighted by Crippen LogP contribution is 2.43. The van der Waals surface area contributed by atoms with Gasteiger partial charge in [-0.2, -0.15) is 4.98 Å². The summed E-state index contributed by atoms with van der Waals surface area (Å²) in [5, 5.41) is 8.74. The molecule has 1 unspecified atom stereocenters. The van der Waals surface area contributed by atoms with Crippen LogP contribution in [-0.2, 0) is 0 Å². The molecule has 0 bridgehead atoms. The Balaban J connectivity index is 1.93. The van der Waals surface area contributed by atoms with Crippen molar-refractivity contribution in [1.82, 2.24) is 24.7 Å². The van der Waals surface area contributed by atoms with Crippen molar-refractivity contribution in [2.24, 2.45) is 5.84 Å². The third-order valence-corrected chi connectivity index (χ3v) is 4.95. The molecule has 1 saturated carbocycles. The van der Waals surface area contributed by atoms with Gasteiger partial charge in [0.1, 0.15) is 11.5 Å². The van der Waals surface area contributed by atoms with Crippen LogP contribution in [0.25, 0.3) is 5.69 Å². The summed E-state index contributed by atoms with van der Waals surface area (Å²) in [4.78, 5) is 11.4. The largest absolute Gasteiger partial charge is 0.341 e. The highest BCUT2D eigenvalue weighted by Gasteiger charge is 2.39. The topological polar surface area (TPSA) is 97.8 Å². The van der Waals surface area contributed by atoms with E-state index in [-0.39, 0.29) is 6.04 Å². The fourth-order valence-corrected chi connectivity index (χ4v) is 3.94. The molecule has 2 aromatic rings. The van der Waals surface area contributed by atoms with Crippen molar-refractivity contribution in [1.29, 1.82) is 0 Å². The number of aryl methyl sites for hydroxylation is 1. The van der Waals surface area contributed by atoms with E-state index in [1.807, 2.05) is 13.1 Å². The first-order valence-electron chi connectivity index (χ1n) is 8.28. The predicted octanol–water partition coefficient (Wildman–Crippen LogP) is 1.87. The van der Waals surface area contributed by atoms with E-state index in [1.165, 1.54) is 25.7 Å². The SMILES string of the molecule is CCC1c2nnc(C)n2-c2cnc(NN)nc2N1C1CCCC1. The van der Waals surface area contributed by atoms with Gasteiger partial charge in [-0.25, -0.2) is 10.8 Å². The van der Waals surface area contributed by atoms with Crippen LogP contribution in [0.2, 0.25) is 0 Å². The van der Waals surface area contributed by atoms with Crippen LogP contribution in [0.15, 0.2) is 6.20 Å². The maximum atomic E-state index is 5.53. The van der Waals surface area contributed by atoms with Crippen LogP contribution in [-0.4, -0.2) is 30.8 Å². The normalized spacial score (nSPS) is 20.5. The molecule has 122 valence electrons. The van der Waals surface area contributed by atoms with Crippen molar-refractivity contribution in [3.8, 4) is 5.69 Å². The smallest absolute Gasteiger partial charge is 0.239 e. The quantitative estimate of drug-likeness (QED) is 0.659. The number of rotatable bonds is 3. The predicted molar refractivity (Wildman–Crippen MR) is 87.3 cm³/mol. The number of aromatic nitrogens is 5. The molecular weight excluding hydrogens is 292 g/mol. The number of hydrogen-bond donors (Lipinski definition) is 2. The number of nitrogens with two attached hydrogens (primary N) is 1. The van der Waals surface area contributed by atoms with Crippen LogP contribution in [0.4, 0.5) is 11.8 Å². The Hall–Kier alpha value is -2.22. The Bertz CT molecular complexity index is 718. The number of anilines is 2. The Labute approximate surface area is 135 Å². The van der Waals surface area contributed by atoms with Crippen LogP contribution in [0.5, 0.6) is 0 Å². The molecular formula is C15H22N8. The van der Waals surface area contributed by atoms with Crippen molar-refractivity contribution in [2.45, 2.75) is 58.0 Å². The highest BCUT2D eigenvalue weighted by molar-refractivity contribution is 5.64. The second kappa shape index (κ2) is 5.45. The number of nitrogens with one attached hydrogen (secondary N) is 1. The van der Waals surface area contributed by atoms with Crippen molar-refractivity contribution >= 4 is 11.8 Å². The van der Waals surface area contributed by atoms with Crippen LogP contribution in [0.3, 0.4) is 0 Å². The minimum atomic E-state index is 0.187. The van der Waals surface area contributed by atoms with E-state index in [1.54, 1.807) is 0 Å². The van der Waals surface area contributed by atoms with Gasteiger partial charge in [-0.05, 0) is 26.2 Å².